The summed E-state index contributed by atoms with van der Waals surface area (Å²) < 4.78 is 0. The van der Waals surface area contributed by atoms with Gasteiger partial charge in [0.2, 0.25) is 0 Å². The van der Waals surface area contributed by atoms with Crippen LogP contribution in [0.1, 0.15) is 42.0 Å². The highest BCUT2D eigenvalue weighted by Gasteiger charge is 2.18. The van der Waals surface area contributed by atoms with Gasteiger partial charge in [-0.3, -0.25) is 4.98 Å². The Kier molecular flexibility index (Phi) is 2.45. The van der Waals surface area contributed by atoms with Crippen LogP contribution in [0.5, 0.6) is 0 Å². The Bertz CT molecular complexity index is 354. The monoisotopic (exact) mass is 202 g/mol. The molecule has 0 spiro atoms. The number of rotatable bonds is 1. The number of piperidine rings is 1. The van der Waals surface area contributed by atoms with Crippen molar-refractivity contribution >= 4 is 0 Å². The number of pyridine rings is 1. The van der Waals surface area contributed by atoms with Crippen LogP contribution in [0.4, 0.5) is 0 Å². The Labute approximate surface area is 91.1 Å². The van der Waals surface area contributed by atoms with Gasteiger partial charge in [0.1, 0.15) is 0 Å². The summed E-state index contributed by atoms with van der Waals surface area (Å²) in [5.41, 5.74) is 4.36. The third-order valence-corrected chi connectivity index (χ3v) is 3.75. The molecule has 2 heterocycles. The first-order chi connectivity index (χ1) is 7.43. The highest BCUT2D eigenvalue weighted by Crippen LogP contribution is 2.28. The number of nitrogens with one attached hydrogen (secondary N) is 1. The smallest absolute Gasteiger partial charge is 0.0435 e. The summed E-state index contributed by atoms with van der Waals surface area (Å²) in [6.07, 6.45) is 8.43. The van der Waals surface area contributed by atoms with E-state index in [0.29, 0.717) is 0 Å². The Morgan fingerprint density at radius 2 is 2.07 bits per heavy atom. The third kappa shape index (κ3) is 1.78. The second kappa shape index (κ2) is 3.93. The molecule has 3 rings (SSSR count). The van der Waals surface area contributed by atoms with Gasteiger partial charge in [0, 0.05) is 11.9 Å². The molecule has 1 aliphatic carbocycles. The maximum absolute atomic E-state index is 4.61. The minimum Gasteiger partial charge on any atom is -0.317 e. The molecular formula is C13H18N2. The quantitative estimate of drug-likeness (QED) is 0.753. The largest absolute Gasteiger partial charge is 0.317 e. The molecule has 1 aromatic heterocycles. The van der Waals surface area contributed by atoms with E-state index in [1.54, 1.807) is 0 Å². The zero-order valence-corrected chi connectivity index (χ0v) is 9.13. The maximum Gasteiger partial charge on any atom is 0.0435 e. The summed E-state index contributed by atoms with van der Waals surface area (Å²) in [6, 6.07) is 2.42. The molecule has 1 N–H and O–H groups in total. The first-order valence-electron chi connectivity index (χ1n) is 6.12. The van der Waals surface area contributed by atoms with Gasteiger partial charge in [-0.1, -0.05) is 6.07 Å². The fourth-order valence-electron chi connectivity index (χ4n) is 2.82. The van der Waals surface area contributed by atoms with E-state index in [1.165, 1.54) is 62.0 Å². The summed E-state index contributed by atoms with van der Waals surface area (Å²) >= 11 is 0. The molecule has 2 aliphatic rings. The standard InChI is InChI=1S/C13H18N2/c1-2-11-8-12(9-15-13(11)3-1)10-4-6-14-7-5-10/h8-10,14H,1-7H2. The molecule has 0 bridgehead atoms. The zero-order valence-electron chi connectivity index (χ0n) is 9.13. The molecular weight excluding hydrogens is 184 g/mol. The molecule has 15 heavy (non-hydrogen) atoms. The van der Waals surface area contributed by atoms with Crippen LogP contribution in [0.2, 0.25) is 0 Å². The second-order valence-corrected chi connectivity index (χ2v) is 4.75. The molecule has 1 aromatic rings. The van der Waals surface area contributed by atoms with Gasteiger partial charge >= 0.3 is 0 Å². The molecule has 0 saturated carbocycles. The fraction of sp³-hybridized carbons (Fsp3) is 0.615. The number of hydrogen-bond donors (Lipinski definition) is 1. The van der Waals surface area contributed by atoms with Crippen molar-refractivity contribution in [3.05, 3.63) is 29.1 Å². The minimum atomic E-state index is 0.754. The second-order valence-electron chi connectivity index (χ2n) is 4.75. The Balaban J connectivity index is 1.85. The summed E-state index contributed by atoms with van der Waals surface area (Å²) in [5, 5.41) is 3.42. The first kappa shape index (κ1) is 9.34. The van der Waals surface area contributed by atoms with E-state index in [2.05, 4.69) is 22.6 Å². The zero-order chi connectivity index (χ0) is 10.1. The van der Waals surface area contributed by atoms with Gasteiger partial charge in [-0.15, -0.1) is 0 Å². The van der Waals surface area contributed by atoms with Crippen LogP contribution in [-0.2, 0) is 12.8 Å². The SMILES string of the molecule is c1nc2c(cc1C1CCNCC1)CCC2. The fourth-order valence-corrected chi connectivity index (χ4v) is 2.82. The molecule has 1 fully saturated rings. The van der Waals surface area contributed by atoms with E-state index in [-0.39, 0.29) is 0 Å². The summed E-state index contributed by atoms with van der Waals surface area (Å²) in [7, 11) is 0. The van der Waals surface area contributed by atoms with E-state index in [0.717, 1.165) is 5.92 Å². The van der Waals surface area contributed by atoms with Crippen molar-refractivity contribution < 1.29 is 0 Å². The molecule has 1 saturated heterocycles. The lowest BCUT2D eigenvalue weighted by molar-refractivity contribution is 0.459. The molecule has 2 nitrogen and oxygen atoms in total. The van der Waals surface area contributed by atoms with Gasteiger partial charge in [-0.05, 0) is 62.2 Å². The van der Waals surface area contributed by atoms with Crippen molar-refractivity contribution in [1.82, 2.24) is 10.3 Å². The van der Waals surface area contributed by atoms with E-state index >= 15 is 0 Å². The number of hydrogen-bond acceptors (Lipinski definition) is 2. The molecule has 0 amide bonds. The van der Waals surface area contributed by atoms with Crippen molar-refractivity contribution in [1.29, 1.82) is 0 Å². The van der Waals surface area contributed by atoms with Crippen molar-refractivity contribution in [3.63, 3.8) is 0 Å². The molecule has 0 unspecified atom stereocenters. The Morgan fingerprint density at radius 1 is 1.20 bits per heavy atom. The predicted octanol–water partition coefficient (Wildman–Crippen LogP) is 2.04. The number of aromatic nitrogens is 1. The first-order valence-corrected chi connectivity index (χ1v) is 6.12. The lowest BCUT2D eigenvalue weighted by Gasteiger charge is -2.23. The van der Waals surface area contributed by atoms with E-state index in [4.69, 9.17) is 0 Å². The van der Waals surface area contributed by atoms with Gasteiger partial charge < -0.3 is 5.32 Å². The topological polar surface area (TPSA) is 24.9 Å². The van der Waals surface area contributed by atoms with Crippen molar-refractivity contribution in [2.75, 3.05) is 13.1 Å². The van der Waals surface area contributed by atoms with Crippen LogP contribution < -0.4 is 5.32 Å². The molecule has 0 aromatic carbocycles. The van der Waals surface area contributed by atoms with Crippen molar-refractivity contribution in [2.45, 2.75) is 38.0 Å². The van der Waals surface area contributed by atoms with Crippen LogP contribution in [0.15, 0.2) is 12.3 Å². The third-order valence-electron chi connectivity index (χ3n) is 3.75. The van der Waals surface area contributed by atoms with Gasteiger partial charge in [-0.2, -0.15) is 0 Å². The lowest BCUT2D eigenvalue weighted by atomic mass is 9.90. The number of aryl methyl sites for hydroxylation is 2. The highest BCUT2D eigenvalue weighted by molar-refractivity contribution is 5.31. The normalized spacial score (nSPS) is 21.6. The Morgan fingerprint density at radius 3 is 2.93 bits per heavy atom. The van der Waals surface area contributed by atoms with Crippen LogP contribution >= 0.6 is 0 Å². The van der Waals surface area contributed by atoms with Crippen LogP contribution in [0, 0.1) is 0 Å². The van der Waals surface area contributed by atoms with E-state index < -0.39 is 0 Å². The molecule has 80 valence electrons. The van der Waals surface area contributed by atoms with E-state index in [9.17, 15) is 0 Å². The van der Waals surface area contributed by atoms with Crippen LogP contribution in [0.25, 0.3) is 0 Å². The van der Waals surface area contributed by atoms with Crippen LogP contribution in [-0.4, -0.2) is 18.1 Å². The molecule has 1 aliphatic heterocycles. The van der Waals surface area contributed by atoms with Gasteiger partial charge in [-0.25, -0.2) is 0 Å². The minimum absolute atomic E-state index is 0.754. The van der Waals surface area contributed by atoms with E-state index in [1.807, 2.05) is 0 Å². The van der Waals surface area contributed by atoms with Crippen molar-refractivity contribution in [3.8, 4) is 0 Å². The number of nitrogens with zero attached hydrogens (tertiary/aromatic N) is 1. The van der Waals surface area contributed by atoms with Gasteiger partial charge in [0.15, 0.2) is 0 Å². The summed E-state index contributed by atoms with van der Waals surface area (Å²) in [6.45, 7) is 2.34. The Hall–Kier alpha value is -0.890. The predicted molar refractivity (Wildman–Crippen MR) is 61.1 cm³/mol. The average molecular weight is 202 g/mol. The summed E-state index contributed by atoms with van der Waals surface area (Å²) in [5.74, 6) is 0.754. The maximum atomic E-state index is 4.61. The molecule has 0 radical (unpaired) electrons. The van der Waals surface area contributed by atoms with Gasteiger partial charge in [0.05, 0.1) is 0 Å². The lowest BCUT2D eigenvalue weighted by Crippen LogP contribution is -2.26. The molecule has 0 atom stereocenters. The number of fused-ring (bicyclic) bond motifs is 1. The molecule has 2 heteroatoms. The van der Waals surface area contributed by atoms with Crippen molar-refractivity contribution in [2.24, 2.45) is 0 Å². The van der Waals surface area contributed by atoms with Crippen LogP contribution in [0.3, 0.4) is 0 Å². The van der Waals surface area contributed by atoms with Gasteiger partial charge in [0.25, 0.3) is 0 Å². The highest BCUT2D eigenvalue weighted by atomic mass is 14.9. The summed E-state index contributed by atoms with van der Waals surface area (Å²) in [4.78, 5) is 4.61. The average Bonchev–Trinajstić information content (AvgIpc) is 2.77.